The number of rotatable bonds is 6. The van der Waals surface area contributed by atoms with Crippen LogP contribution in [0.4, 0.5) is 0 Å². The average Bonchev–Trinajstić information content (AvgIpc) is 3.23. The van der Waals surface area contributed by atoms with E-state index in [4.69, 9.17) is 32.7 Å². The van der Waals surface area contributed by atoms with Crippen LogP contribution in [0.15, 0.2) is 66.9 Å². The fourth-order valence-corrected chi connectivity index (χ4v) is 3.71. The third-order valence-corrected chi connectivity index (χ3v) is 5.43. The van der Waals surface area contributed by atoms with E-state index in [1.165, 1.54) is 0 Å². The highest BCUT2D eigenvalue weighted by Crippen LogP contribution is 2.40. The zero-order valence-electron chi connectivity index (χ0n) is 16.0. The fourth-order valence-electron chi connectivity index (χ4n) is 3.20. The third kappa shape index (κ3) is 3.95. The molecule has 152 valence electrons. The van der Waals surface area contributed by atoms with Crippen LogP contribution in [0.1, 0.15) is 5.56 Å². The first-order valence-corrected chi connectivity index (χ1v) is 9.90. The van der Waals surface area contributed by atoms with Crippen LogP contribution in [0.3, 0.4) is 0 Å². The zero-order chi connectivity index (χ0) is 21.1. The SMILES string of the molecule is COc1ccccc1-c1cn[nH]c1-c1ccc(OCc2c(Cl)cccc2Cl)cc1O. The maximum Gasteiger partial charge on any atom is 0.128 e. The van der Waals surface area contributed by atoms with Crippen molar-refractivity contribution in [2.24, 2.45) is 0 Å². The Hall–Kier alpha value is -3.15. The number of para-hydroxylation sites is 1. The van der Waals surface area contributed by atoms with E-state index in [1.54, 1.807) is 49.7 Å². The molecule has 7 heteroatoms. The molecule has 0 fully saturated rings. The van der Waals surface area contributed by atoms with Crippen molar-refractivity contribution in [1.82, 2.24) is 10.2 Å². The van der Waals surface area contributed by atoms with Crippen LogP contribution in [0.25, 0.3) is 22.4 Å². The van der Waals surface area contributed by atoms with Gasteiger partial charge in [-0.05, 0) is 30.3 Å². The number of aromatic nitrogens is 2. The van der Waals surface area contributed by atoms with Gasteiger partial charge in [-0.15, -0.1) is 0 Å². The first-order valence-electron chi connectivity index (χ1n) is 9.14. The maximum absolute atomic E-state index is 10.7. The van der Waals surface area contributed by atoms with E-state index >= 15 is 0 Å². The minimum absolute atomic E-state index is 0.0538. The van der Waals surface area contributed by atoms with Gasteiger partial charge in [-0.25, -0.2) is 0 Å². The smallest absolute Gasteiger partial charge is 0.128 e. The summed E-state index contributed by atoms with van der Waals surface area (Å²) in [7, 11) is 1.62. The molecule has 3 aromatic carbocycles. The van der Waals surface area contributed by atoms with Crippen LogP contribution in [-0.4, -0.2) is 22.4 Å². The van der Waals surface area contributed by atoms with Gasteiger partial charge in [0.25, 0.3) is 0 Å². The van der Waals surface area contributed by atoms with Gasteiger partial charge in [0.1, 0.15) is 23.9 Å². The van der Waals surface area contributed by atoms with Crippen LogP contribution in [0, 0.1) is 0 Å². The van der Waals surface area contributed by atoms with Crippen molar-refractivity contribution in [3.8, 4) is 39.6 Å². The summed E-state index contributed by atoms with van der Waals surface area (Å²) in [4.78, 5) is 0. The van der Waals surface area contributed by atoms with E-state index in [2.05, 4.69) is 10.2 Å². The lowest BCUT2D eigenvalue weighted by Crippen LogP contribution is -1.97. The van der Waals surface area contributed by atoms with Gasteiger partial charge in [-0.1, -0.05) is 47.5 Å². The number of hydrogen-bond donors (Lipinski definition) is 2. The van der Waals surface area contributed by atoms with Crippen LogP contribution >= 0.6 is 23.2 Å². The van der Waals surface area contributed by atoms with E-state index in [1.807, 2.05) is 24.3 Å². The van der Waals surface area contributed by atoms with E-state index < -0.39 is 0 Å². The van der Waals surface area contributed by atoms with Crippen molar-refractivity contribution in [2.75, 3.05) is 7.11 Å². The predicted octanol–water partition coefficient (Wildman–Crippen LogP) is 6.34. The second-order valence-corrected chi connectivity index (χ2v) is 7.34. The van der Waals surface area contributed by atoms with Crippen molar-refractivity contribution < 1.29 is 14.6 Å². The maximum atomic E-state index is 10.7. The highest BCUT2D eigenvalue weighted by Gasteiger charge is 2.17. The zero-order valence-corrected chi connectivity index (χ0v) is 17.5. The van der Waals surface area contributed by atoms with E-state index in [0.717, 1.165) is 16.9 Å². The Labute approximate surface area is 183 Å². The molecule has 0 spiro atoms. The first kappa shape index (κ1) is 20.1. The fraction of sp³-hybridized carbons (Fsp3) is 0.0870. The summed E-state index contributed by atoms with van der Waals surface area (Å²) in [5.74, 6) is 1.26. The Morgan fingerprint density at radius 3 is 2.43 bits per heavy atom. The number of hydrogen-bond acceptors (Lipinski definition) is 4. The van der Waals surface area contributed by atoms with Gasteiger partial charge in [0.2, 0.25) is 0 Å². The minimum Gasteiger partial charge on any atom is -0.507 e. The molecule has 0 atom stereocenters. The Balaban J connectivity index is 1.62. The lowest BCUT2D eigenvalue weighted by atomic mass is 10.0. The number of phenols is 1. The Bertz CT molecular complexity index is 1170. The first-order chi connectivity index (χ1) is 14.6. The molecule has 0 radical (unpaired) electrons. The molecule has 0 aliphatic carbocycles. The van der Waals surface area contributed by atoms with Gasteiger partial charge in [0.05, 0.1) is 19.0 Å². The molecule has 30 heavy (non-hydrogen) atoms. The summed E-state index contributed by atoms with van der Waals surface area (Å²) in [6.07, 6.45) is 1.70. The summed E-state index contributed by atoms with van der Waals surface area (Å²) in [6, 6.07) is 18.0. The number of ether oxygens (including phenoxy) is 2. The normalized spacial score (nSPS) is 10.8. The number of H-pyrrole nitrogens is 1. The van der Waals surface area contributed by atoms with E-state index in [9.17, 15) is 5.11 Å². The average molecular weight is 441 g/mol. The number of aromatic amines is 1. The lowest BCUT2D eigenvalue weighted by Gasteiger charge is -2.12. The highest BCUT2D eigenvalue weighted by molar-refractivity contribution is 6.35. The van der Waals surface area contributed by atoms with Crippen LogP contribution in [-0.2, 0) is 6.61 Å². The molecule has 2 N–H and O–H groups in total. The molecule has 4 rings (SSSR count). The molecule has 0 aliphatic rings. The van der Waals surface area contributed by atoms with Gasteiger partial charge in [-0.2, -0.15) is 5.10 Å². The Morgan fingerprint density at radius 1 is 0.933 bits per heavy atom. The van der Waals surface area contributed by atoms with Crippen molar-refractivity contribution in [3.05, 3.63) is 82.5 Å². The van der Waals surface area contributed by atoms with Gasteiger partial charge < -0.3 is 14.6 Å². The van der Waals surface area contributed by atoms with Crippen molar-refractivity contribution in [2.45, 2.75) is 6.61 Å². The lowest BCUT2D eigenvalue weighted by molar-refractivity contribution is 0.304. The summed E-state index contributed by atoms with van der Waals surface area (Å²) >= 11 is 12.4. The van der Waals surface area contributed by atoms with Gasteiger partial charge >= 0.3 is 0 Å². The molecular weight excluding hydrogens is 423 g/mol. The topological polar surface area (TPSA) is 67.4 Å². The Kier molecular flexibility index (Phi) is 5.84. The minimum atomic E-state index is 0.0538. The standard InChI is InChI=1S/C23H18Cl2N2O3/c1-29-22-8-3-2-5-15(22)17-12-26-27-23(17)16-10-9-14(11-21(16)28)30-13-18-19(24)6-4-7-20(18)25/h2-12,28H,13H2,1H3,(H,26,27). The van der Waals surface area contributed by atoms with Gasteiger partial charge in [-0.3, -0.25) is 5.10 Å². The number of phenolic OH excluding ortho intramolecular Hbond substituents is 1. The second kappa shape index (κ2) is 8.69. The molecular formula is C23H18Cl2N2O3. The van der Waals surface area contributed by atoms with Crippen molar-refractivity contribution >= 4 is 23.2 Å². The Morgan fingerprint density at radius 2 is 1.70 bits per heavy atom. The number of halogens is 2. The quantitative estimate of drug-likeness (QED) is 0.366. The summed E-state index contributed by atoms with van der Waals surface area (Å²) < 4.78 is 11.2. The molecule has 1 aromatic heterocycles. The van der Waals surface area contributed by atoms with E-state index in [-0.39, 0.29) is 12.4 Å². The van der Waals surface area contributed by atoms with Gasteiger partial charge in [0, 0.05) is 38.4 Å². The van der Waals surface area contributed by atoms with Gasteiger partial charge in [0.15, 0.2) is 0 Å². The van der Waals surface area contributed by atoms with E-state index in [0.29, 0.717) is 32.6 Å². The molecule has 5 nitrogen and oxygen atoms in total. The molecule has 0 bridgehead atoms. The van der Waals surface area contributed by atoms with Crippen molar-refractivity contribution in [1.29, 1.82) is 0 Å². The molecule has 0 unspecified atom stereocenters. The van der Waals surface area contributed by atoms with Crippen LogP contribution in [0.2, 0.25) is 10.0 Å². The monoisotopic (exact) mass is 440 g/mol. The highest BCUT2D eigenvalue weighted by atomic mass is 35.5. The summed E-state index contributed by atoms with van der Waals surface area (Å²) in [5, 5.41) is 18.8. The molecule has 0 saturated carbocycles. The van der Waals surface area contributed by atoms with Crippen LogP contribution in [0.5, 0.6) is 17.2 Å². The predicted molar refractivity (Wildman–Crippen MR) is 118 cm³/mol. The number of methoxy groups -OCH3 is 1. The number of nitrogens with zero attached hydrogens (tertiary/aromatic N) is 1. The molecule has 0 aliphatic heterocycles. The summed E-state index contributed by atoms with van der Waals surface area (Å²) in [5.41, 5.74) is 3.65. The number of aromatic hydroxyl groups is 1. The second-order valence-electron chi connectivity index (χ2n) is 6.53. The summed E-state index contributed by atoms with van der Waals surface area (Å²) in [6.45, 7) is 0.188. The molecule has 0 amide bonds. The largest absolute Gasteiger partial charge is 0.507 e. The molecule has 4 aromatic rings. The number of nitrogens with one attached hydrogen (secondary N) is 1. The third-order valence-electron chi connectivity index (χ3n) is 4.72. The van der Waals surface area contributed by atoms with Crippen molar-refractivity contribution in [3.63, 3.8) is 0 Å². The van der Waals surface area contributed by atoms with Crippen LogP contribution < -0.4 is 9.47 Å². The molecule has 0 saturated heterocycles. The number of benzene rings is 3. The molecule has 1 heterocycles.